The number of carbonyl (C=O) groups is 2. The van der Waals surface area contributed by atoms with Gasteiger partial charge in [-0.15, -0.1) is 0 Å². The fourth-order valence-corrected chi connectivity index (χ4v) is 2.24. The Bertz CT molecular complexity index is 298. The molecule has 0 heterocycles. The first-order valence-corrected chi connectivity index (χ1v) is 6.12. The summed E-state index contributed by atoms with van der Waals surface area (Å²) in [6.07, 6.45) is 2.80. The van der Waals surface area contributed by atoms with Crippen LogP contribution >= 0.6 is 12.6 Å². The summed E-state index contributed by atoms with van der Waals surface area (Å²) in [6.45, 7) is 3.60. The number of primary amides is 1. The first-order valence-electron chi connectivity index (χ1n) is 5.49. The maximum absolute atomic E-state index is 11.8. The third-order valence-corrected chi connectivity index (χ3v) is 3.59. The number of nitrogens with two attached hydrogens (primary N) is 1. The molecule has 0 saturated heterocycles. The van der Waals surface area contributed by atoms with Crippen molar-refractivity contribution in [3.8, 4) is 0 Å². The number of amides is 2. The van der Waals surface area contributed by atoms with Gasteiger partial charge in [-0.05, 0) is 37.9 Å². The number of nitrogens with one attached hydrogen (secondary N) is 1. The Morgan fingerprint density at radius 1 is 1.44 bits per heavy atom. The number of carbonyl (C=O) groups excluding carboxylic acids is 2. The molecule has 2 amide bonds. The summed E-state index contributed by atoms with van der Waals surface area (Å²) >= 11 is 4.25. The van der Waals surface area contributed by atoms with E-state index in [9.17, 15) is 9.59 Å². The summed E-state index contributed by atoms with van der Waals surface area (Å²) in [5.41, 5.74) is 4.66. The highest BCUT2D eigenvalue weighted by atomic mass is 32.1. The number of hydrogen-bond acceptors (Lipinski definition) is 3. The Kier molecular flexibility index (Phi) is 3.88. The van der Waals surface area contributed by atoms with E-state index in [1.165, 1.54) is 0 Å². The lowest BCUT2D eigenvalue weighted by Gasteiger charge is -2.25. The third kappa shape index (κ3) is 4.04. The van der Waals surface area contributed by atoms with Crippen LogP contribution in [-0.2, 0) is 9.59 Å². The maximum atomic E-state index is 11.8. The second kappa shape index (κ2) is 4.65. The Labute approximate surface area is 102 Å². The normalized spacial score (nSPS) is 17.9. The van der Waals surface area contributed by atoms with E-state index in [1.54, 1.807) is 13.8 Å². The van der Waals surface area contributed by atoms with Gasteiger partial charge in [-0.25, -0.2) is 0 Å². The molecule has 16 heavy (non-hydrogen) atoms. The smallest absolute Gasteiger partial charge is 0.221 e. The van der Waals surface area contributed by atoms with Gasteiger partial charge in [0, 0.05) is 18.4 Å². The largest absolute Gasteiger partial charge is 0.370 e. The van der Waals surface area contributed by atoms with E-state index in [4.69, 9.17) is 5.73 Å². The summed E-state index contributed by atoms with van der Waals surface area (Å²) in [5, 5.41) is 2.84. The molecular weight excluding hydrogens is 224 g/mol. The minimum atomic E-state index is -0.560. The number of hydrogen-bond donors (Lipinski definition) is 3. The van der Waals surface area contributed by atoms with Crippen LogP contribution in [0.5, 0.6) is 0 Å². The van der Waals surface area contributed by atoms with E-state index in [1.807, 2.05) is 0 Å². The van der Waals surface area contributed by atoms with Crippen molar-refractivity contribution in [3.63, 3.8) is 0 Å². The molecule has 0 spiro atoms. The van der Waals surface area contributed by atoms with Crippen molar-refractivity contribution in [1.82, 2.24) is 5.32 Å². The zero-order valence-electron chi connectivity index (χ0n) is 9.88. The van der Waals surface area contributed by atoms with E-state index in [0.29, 0.717) is 6.42 Å². The predicted octanol–water partition coefficient (Wildman–Crippen LogP) is 0.857. The Balaban J connectivity index is 2.41. The molecular formula is C11H20N2O2S. The molecule has 0 atom stereocenters. The molecule has 4 nitrogen and oxygen atoms in total. The van der Waals surface area contributed by atoms with Crippen LogP contribution in [-0.4, -0.2) is 23.1 Å². The SMILES string of the molecule is CC(C)(CC(N)=O)NC(=O)CC1(CS)CC1. The average molecular weight is 244 g/mol. The van der Waals surface area contributed by atoms with E-state index < -0.39 is 11.4 Å². The first-order chi connectivity index (χ1) is 7.29. The van der Waals surface area contributed by atoms with E-state index in [2.05, 4.69) is 17.9 Å². The van der Waals surface area contributed by atoms with Crippen LogP contribution in [0.3, 0.4) is 0 Å². The van der Waals surface area contributed by atoms with Crippen molar-refractivity contribution >= 4 is 24.4 Å². The van der Waals surface area contributed by atoms with Crippen molar-refractivity contribution in [2.45, 2.75) is 45.1 Å². The molecule has 1 rings (SSSR count). The Hall–Kier alpha value is -0.710. The molecule has 5 heteroatoms. The fourth-order valence-electron chi connectivity index (χ4n) is 1.81. The van der Waals surface area contributed by atoms with Crippen LogP contribution in [0.2, 0.25) is 0 Å². The van der Waals surface area contributed by atoms with Crippen LogP contribution in [0.4, 0.5) is 0 Å². The molecule has 1 aliphatic carbocycles. The van der Waals surface area contributed by atoms with E-state index >= 15 is 0 Å². The molecule has 3 N–H and O–H groups in total. The Morgan fingerprint density at radius 2 is 2.00 bits per heavy atom. The van der Waals surface area contributed by atoms with Gasteiger partial charge in [-0.2, -0.15) is 12.6 Å². The highest BCUT2D eigenvalue weighted by molar-refractivity contribution is 7.80. The van der Waals surface area contributed by atoms with Gasteiger partial charge in [0.25, 0.3) is 0 Å². The topological polar surface area (TPSA) is 72.2 Å². The fraction of sp³-hybridized carbons (Fsp3) is 0.818. The van der Waals surface area contributed by atoms with E-state index in [0.717, 1.165) is 18.6 Å². The van der Waals surface area contributed by atoms with Gasteiger partial charge < -0.3 is 11.1 Å². The molecule has 1 fully saturated rings. The molecule has 0 bridgehead atoms. The average Bonchev–Trinajstić information content (AvgIpc) is 2.81. The third-order valence-electron chi connectivity index (χ3n) is 2.92. The molecule has 0 aliphatic heterocycles. The molecule has 0 aromatic heterocycles. The first kappa shape index (κ1) is 13.4. The molecule has 92 valence electrons. The second-order valence-electron chi connectivity index (χ2n) is 5.41. The van der Waals surface area contributed by atoms with Crippen molar-refractivity contribution in [2.75, 3.05) is 5.75 Å². The van der Waals surface area contributed by atoms with Crippen LogP contribution in [0, 0.1) is 5.41 Å². The highest BCUT2D eigenvalue weighted by Gasteiger charge is 2.43. The molecule has 0 aromatic rings. The van der Waals surface area contributed by atoms with Gasteiger partial charge in [0.15, 0.2) is 0 Å². The molecule has 0 unspecified atom stereocenters. The van der Waals surface area contributed by atoms with Gasteiger partial charge >= 0.3 is 0 Å². The summed E-state index contributed by atoms with van der Waals surface area (Å²) in [6, 6.07) is 0. The predicted molar refractivity (Wildman–Crippen MR) is 66.2 cm³/mol. The lowest BCUT2D eigenvalue weighted by molar-refractivity contribution is -0.124. The number of thiol groups is 1. The van der Waals surface area contributed by atoms with E-state index in [-0.39, 0.29) is 17.7 Å². The highest BCUT2D eigenvalue weighted by Crippen LogP contribution is 2.49. The Morgan fingerprint density at radius 3 is 2.38 bits per heavy atom. The second-order valence-corrected chi connectivity index (χ2v) is 5.73. The number of rotatable bonds is 6. The summed E-state index contributed by atoms with van der Waals surface area (Å²) in [7, 11) is 0. The maximum Gasteiger partial charge on any atom is 0.221 e. The van der Waals surface area contributed by atoms with Crippen molar-refractivity contribution in [1.29, 1.82) is 0 Å². The molecule has 1 saturated carbocycles. The van der Waals surface area contributed by atoms with Crippen molar-refractivity contribution in [3.05, 3.63) is 0 Å². The molecule has 1 aliphatic rings. The summed E-state index contributed by atoms with van der Waals surface area (Å²) in [4.78, 5) is 22.6. The minimum absolute atomic E-state index is 0.0159. The van der Waals surface area contributed by atoms with Gasteiger partial charge in [-0.1, -0.05) is 0 Å². The summed E-state index contributed by atoms with van der Waals surface area (Å²) in [5.74, 6) is 0.329. The van der Waals surface area contributed by atoms with Gasteiger partial charge in [0.2, 0.25) is 11.8 Å². The van der Waals surface area contributed by atoms with Gasteiger partial charge in [-0.3, -0.25) is 9.59 Å². The quantitative estimate of drug-likeness (QED) is 0.606. The zero-order valence-corrected chi connectivity index (χ0v) is 10.8. The standard InChI is InChI=1S/C11H20N2O2S/c1-10(2,5-8(12)14)13-9(15)6-11(7-16)3-4-11/h16H,3-7H2,1-2H3,(H2,12,14)(H,13,15). The zero-order chi connectivity index (χ0) is 12.4. The van der Waals surface area contributed by atoms with Crippen LogP contribution in [0.15, 0.2) is 0 Å². The van der Waals surface area contributed by atoms with Gasteiger partial charge in [0.1, 0.15) is 0 Å². The monoisotopic (exact) mass is 244 g/mol. The summed E-state index contributed by atoms with van der Waals surface area (Å²) < 4.78 is 0. The lowest BCUT2D eigenvalue weighted by atomic mass is 9.98. The van der Waals surface area contributed by atoms with Crippen LogP contribution in [0.1, 0.15) is 39.5 Å². The van der Waals surface area contributed by atoms with Crippen LogP contribution in [0.25, 0.3) is 0 Å². The van der Waals surface area contributed by atoms with Gasteiger partial charge in [0.05, 0.1) is 0 Å². The lowest BCUT2D eigenvalue weighted by Crippen LogP contribution is -2.46. The molecule has 0 radical (unpaired) electrons. The van der Waals surface area contributed by atoms with Crippen LogP contribution < -0.4 is 11.1 Å². The van der Waals surface area contributed by atoms with Crippen molar-refractivity contribution in [2.24, 2.45) is 11.1 Å². The molecule has 0 aromatic carbocycles. The minimum Gasteiger partial charge on any atom is -0.370 e. The van der Waals surface area contributed by atoms with Crippen molar-refractivity contribution < 1.29 is 9.59 Å².